The molecule has 3 N–H and O–H groups in total. The number of aliphatic hydroxyl groups is 1. The molecule has 1 atom stereocenters. The van der Waals surface area contributed by atoms with Gasteiger partial charge in [-0.1, -0.05) is 19.4 Å². The van der Waals surface area contributed by atoms with Crippen LogP contribution in [0.1, 0.15) is 44.9 Å². The van der Waals surface area contributed by atoms with Crippen LogP contribution in [0.2, 0.25) is 0 Å². The lowest BCUT2D eigenvalue weighted by molar-refractivity contribution is 0.0711. The lowest BCUT2D eigenvalue weighted by Gasteiger charge is -2.20. The van der Waals surface area contributed by atoms with Crippen LogP contribution in [0.3, 0.4) is 0 Å². The van der Waals surface area contributed by atoms with Crippen LogP contribution in [0.5, 0.6) is 0 Å². The van der Waals surface area contributed by atoms with Gasteiger partial charge in [0, 0.05) is 31.2 Å². The number of aliphatic imine (C=N–C) groups is 1. The van der Waals surface area contributed by atoms with Gasteiger partial charge in [-0.05, 0) is 38.1 Å². The summed E-state index contributed by atoms with van der Waals surface area (Å²) >= 11 is 1.55. The van der Waals surface area contributed by atoms with E-state index in [0.29, 0.717) is 6.54 Å². The molecule has 0 bridgehead atoms. The van der Waals surface area contributed by atoms with Gasteiger partial charge in [0.1, 0.15) is 5.60 Å². The molecule has 1 aromatic heterocycles. The number of hydrogen-bond acceptors (Lipinski definition) is 4. The fourth-order valence-corrected chi connectivity index (χ4v) is 2.75. The minimum Gasteiger partial charge on any atom is -0.383 e. The molecule has 0 aliphatic carbocycles. The average Bonchev–Trinajstić information content (AvgIpc) is 3.07. The zero-order valence-corrected chi connectivity index (χ0v) is 18.2. The molecule has 1 aromatic rings. The zero-order chi connectivity index (χ0) is 17.0. The van der Waals surface area contributed by atoms with Crippen molar-refractivity contribution in [2.45, 2.75) is 45.6 Å². The van der Waals surface area contributed by atoms with E-state index < -0.39 is 5.60 Å². The number of rotatable bonds is 11. The van der Waals surface area contributed by atoms with Gasteiger partial charge in [-0.2, -0.15) is 0 Å². The van der Waals surface area contributed by atoms with Crippen molar-refractivity contribution in [3.63, 3.8) is 0 Å². The molecule has 7 heteroatoms. The molecule has 1 heterocycles. The molecule has 1 rings (SSSR count). The van der Waals surface area contributed by atoms with Crippen molar-refractivity contribution in [1.82, 2.24) is 10.6 Å². The van der Waals surface area contributed by atoms with Crippen LogP contribution in [0.15, 0.2) is 22.5 Å². The average molecular weight is 469 g/mol. The van der Waals surface area contributed by atoms with E-state index in [1.165, 1.54) is 6.42 Å². The summed E-state index contributed by atoms with van der Waals surface area (Å²) in [6.45, 7) is 9.52. The van der Waals surface area contributed by atoms with Crippen LogP contribution < -0.4 is 10.6 Å². The summed E-state index contributed by atoms with van der Waals surface area (Å²) in [5, 5.41) is 19.0. The van der Waals surface area contributed by atoms with E-state index in [1.807, 2.05) is 24.4 Å². The molecular weight excluding hydrogens is 437 g/mol. The maximum absolute atomic E-state index is 10.5. The first-order chi connectivity index (χ1) is 11.1. The Morgan fingerprint density at radius 3 is 2.67 bits per heavy atom. The topological polar surface area (TPSA) is 65.9 Å². The van der Waals surface area contributed by atoms with Crippen molar-refractivity contribution in [3.05, 3.63) is 22.4 Å². The molecule has 0 saturated heterocycles. The number of nitrogens with zero attached hydrogens (tertiary/aromatic N) is 1. The highest BCUT2D eigenvalue weighted by atomic mass is 127. The van der Waals surface area contributed by atoms with Crippen molar-refractivity contribution in [1.29, 1.82) is 0 Å². The standard InChI is InChI=1S/C17H31N3O2S.HI/c1-4-6-11-22-12-8-10-19-16(18-5-2)20-14-17(3,21)15-9-7-13-23-15;/h7,9,13,21H,4-6,8,10-12,14H2,1-3H3,(H2,18,19,20);1H. The van der Waals surface area contributed by atoms with E-state index in [-0.39, 0.29) is 24.0 Å². The van der Waals surface area contributed by atoms with Gasteiger partial charge in [0.2, 0.25) is 0 Å². The second-order valence-corrected chi connectivity index (χ2v) is 6.64. The SMILES string of the molecule is CCCCOCCCNC(=NCC(C)(O)c1cccs1)NCC.I. The Hall–Kier alpha value is -0.380. The normalized spacial score (nSPS) is 13.9. The van der Waals surface area contributed by atoms with E-state index in [2.05, 4.69) is 22.5 Å². The molecule has 0 spiro atoms. The first-order valence-electron chi connectivity index (χ1n) is 8.46. The third-order valence-electron chi connectivity index (χ3n) is 3.34. The molecule has 0 radical (unpaired) electrons. The molecule has 0 fully saturated rings. The molecule has 0 aliphatic rings. The smallest absolute Gasteiger partial charge is 0.191 e. The Morgan fingerprint density at radius 1 is 1.29 bits per heavy atom. The molecule has 5 nitrogen and oxygen atoms in total. The van der Waals surface area contributed by atoms with Gasteiger partial charge < -0.3 is 20.5 Å². The highest BCUT2D eigenvalue weighted by molar-refractivity contribution is 14.0. The quantitative estimate of drug-likeness (QED) is 0.201. The van der Waals surface area contributed by atoms with Crippen molar-refractivity contribution in [2.24, 2.45) is 4.99 Å². The fraction of sp³-hybridized carbons (Fsp3) is 0.706. The number of thiophene rings is 1. The summed E-state index contributed by atoms with van der Waals surface area (Å²) in [6.07, 6.45) is 3.23. The Bertz CT molecular complexity index is 439. The lowest BCUT2D eigenvalue weighted by atomic mass is 10.1. The number of halogens is 1. The number of hydrogen-bond donors (Lipinski definition) is 3. The zero-order valence-electron chi connectivity index (χ0n) is 15.0. The molecule has 0 aromatic carbocycles. The molecule has 0 saturated carbocycles. The maximum Gasteiger partial charge on any atom is 0.191 e. The van der Waals surface area contributed by atoms with E-state index >= 15 is 0 Å². The molecule has 1 unspecified atom stereocenters. The number of unbranched alkanes of at least 4 members (excludes halogenated alkanes) is 1. The summed E-state index contributed by atoms with van der Waals surface area (Å²) < 4.78 is 5.54. The van der Waals surface area contributed by atoms with Crippen LogP contribution in [0, 0.1) is 0 Å². The van der Waals surface area contributed by atoms with Crippen LogP contribution in [0.4, 0.5) is 0 Å². The van der Waals surface area contributed by atoms with Crippen molar-refractivity contribution >= 4 is 41.3 Å². The fourth-order valence-electron chi connectivity index (χ4n) is 1.97. The van der Waals surface area contributed by atoms with E-state index in [0.717, 1.165) is 50.0 Å². The number of ether oxygens (including phenoxy) is 1. The second kappa shape index (κ2) is 13.9. The summed E-state index contributed by atoms with van der Waals surface area (Å²) in [4.78, 5) is 5.43. The largest absolute Gasteiger partial charge is 0.383 e. The minimum absolute atomic E-state index is 0. The van der Waals surface area contributed by atoms with Gasteiger partial charge in [-0.15, -0.1) is 35.3 Å². The molecule has 140 valence electrons. The Balaban J connectivity index is 0.00000529. The van der Waals surface area contributed by atoms with Gasteiger partial charge in [0.15, 0.2) is 5.96 Å². The van der Waals surface area contributed by atoms with E-state index in [1.54, 1.807) is 18.3 Å². The first-order valence-corrected chi connectivity index (χ1v) is 9.34. The lowest BCUT2D eigenvalue weighted by Crippen LogP contribution is -2.39. The van der Waals surface area contributed by atoms with Gasteiger partial charge in [-0.3, -0.25) is 0 Å². The second-order valence-electron chi connectivity index (χ2n) is 5.69. The van der Waals surface area contributed by atoms with Crippen LogP contribution >= 0.6 is 35.3 Å². The Labute approximate surface area is 167 Å². The van der Waals surface area contributed by atoms with E-state index in [4.69, 9.17) is 4.74 Å². The molecule has 0 aliphatic heterocycles. The summed E-state index contributed by atoms with van der Waals surface area (Å²) in [6, 6.07) is 3.88. The maximum atomic E-state index is 10.5. The first kappa shape index (κ1) is 23.6. The molecule has 0 amide bonds. The van der Waals surface area contributed by atoms with Crippen molar-refractivity contribution < 1.29 is 9.84 Å². The summed E-state index contributed by atoms with van der Waals surface area (Å²) in [7, 11) is 0. The highest BCUT2D eigenvalue weighted by Gasteiger charge is 2.23. The summed E-state index contributed by atoms with van der Waals surface area (Å²) in [5.41, 5.74) is -0.931. The van der Waals surface area contributed by atoms with Crippen LogP contribution in [0.25, 0.3) is 0 Å². The number of nitrogens with one attached hydrogen (secondary N) is 2. The number of guanidine groups is 1. The highest BCUT2D eigenvalue weighted by Crippen LogP contribution is 2.25. The minimum atomic E-state index is -0.931. The predicted molar refractivity (Wildman–Crippen MR) is 114 cm³/mol. The van der Waals surface area contributed by atoms with Crippen LogP contribution in [-0.4, -0.2) is 43.9 Å². The monoisotopic (exact) mass is 469 g/mol. The van der Waals surface area contributed by atoms with Gasteiger partial charge >= 0.3 is 0 Å². The van der Waals surface area contributed by atoms with Crippen LogP contribution in [-0.2, 0) is 10.3 Å². The van der Waals surface area contributed by atoms with Gasteiger partial charge in [0.25, 0.3) is 0 Å². The van der Waals surface area contributed by atoms with Gasteiger partial charge in [-0.25, -0.2) is 4.99 Å². The Kier molecular flexibility index (Phi) is 13.6. The Morgan fingerprint density at radius 2 is 2.04 bits per heavy atom. The van der Waals surface area contributed by atoms with E-state index in [9.17, 15) is 5.11 Å². The third kappa shape index (κ3) is 9.80. The predicted octanol–water partition coefficient (Wildman–Crippen LogP) is 3.34. The van der Waals surface area contributed by atoms with Gasteiger partial charge in [0.05, 0.1) is 6.54 Å². The summed E-state index contributed by atoms with van der Waals surface area (Å²) in [5.74, 6) is 0.734. The van der Waals surface area contributed by atoms with Crippen molar-refractivity contribution in [2.75, 3.05) is 32.8 Å². The van der Waals surface area contributed by atoms with Crippen molar-refractivity contribution in [3.8, 4) is 0 Å². The third-order valence-corrected chi connectivity index (χ3v) is 4.46. The molecular formula is C17H32IN3O2S. The molecule has 24 heavy (non-hydrogen) atoms.